The molecule has 0 saturated heterocycles. The standard InChI is InChI=1S/C28H26NOS.C15H18NSi.Ir/c1-16(2)24-14-26(29-15-25(24)17(3)4)23-8-6-7-21-22-11-9-18-13-19(30-5)10-12-20(18)27(22)31-28(21)23;1-12-10-14(13-8-6-5-7-9-13)16-11-15(12)17(2,3)4;/h6-7,9-17H,1-5H3;5-8,10-11H,1-4H3;/q2*-1;/i16D,17D;;. The van der Waals surface area contributed by atoms with Crippen LogP contribution in [-0.2, 0) is 20.1 Å². The zero-order valence-electron chi connectivity index (χ0n) is 31.7. The van der Waals surface area contributed by atoms with E-state index in [1.54, 1.807) is 24.6 Å². The molecule has 0 atom stereocenters. The first-order chi connectivity index (χ1) is 23.6. The maximum atomic E-state index is 8.70. The van der Waals surface area contributed by atoms with Crippen LogP contribution in [-0.4, -0.2) is 25.2 Å². The fraction of sp³-hybridized carbons (Fsp3) is 0.256. The number of aromatic nitrogens is 2. The Kier molecular flexibility index (Phi) is 10.4. The molecule has 4 aromatic carbocycles. The van der Waals surface area contributed by atoms with Crippen LogP contribution in [0.2, 0.25) is 19.6 Å². The molecule has 0 N–H and O–H groups in total. The molecule has 7 aromatic rings. The number of benzene rings is 4. The molecule has 6 heteroatoms. The van der Waals surface area contributed by atoms with E-state index < -0.39 is 19.9 Å². The van der Waals surface area contributed by atoms with E-state index in [9.17, 15) is 0 Å². The van der Waals surface area contributed by atoms with Crippen LogP contribution in [0.15, 0.2) is 91.3 Å². The van der Waals surface area contributed by atoms with Gasteiger partial charge in [0, 0.05) is 39.9 Å². The molecule has 0 unspecified atom stereocenters. The molecule has 0 bridgehead atoms. The first kappa shape index (κ1) is 33.8. The molecular weight excluding hydrogens is 813 g/mol. The van der Waals surface area contributed by atoms with Crippen molar-refractivity contribution in [3.63, 3.8) is 0 Å². The summed E-state index contributed by atoms with van der Waals surface area (Å²) in [7, 11) is 0.414. The van der Waals surface area contributed by atoms with Crippen molar-refractivity contribution in [3.8, 4) is 28.3 Å². The third-order valence-electron chi connectivity index (χ3n) is 8.76. The minimum Gasteiger partial charge on any atom is -0.497 e. The Hall–Kier alpha value is -3.67. The average Bonchev–Trinajstić information content (AvgIpc) is 3.46. The smallest absolute Gasteiger partial charge is 0.119 e. The Bertz CT molecular complexity index is 2340. The molecule has 49 heavy (non-hydrogen) atoms. The summed E-state index contributed by atoms with van der Waals surface area (Å²) in [5.74, 6) is -0.814. The average molecular weight is 859 g/mol. The van der Waals surface area contributed by atoms with Crippen LogP contribution < -0.4 is 9.92 Å². The minimum absolute atomic E-state index is 0. The molecule has 0 spiro atoms. The number of ether oxygens (including phenoxy) is 1. The van der Waals surface area contributed by atoms with E-state index in [0.717, 1.165) is 49.5 Å². The van der Waals surface area contributed by atoms with Gasteiger partial charge in [0.1, 0.15) is 5.75 Å². The van der Waals surface area contributed by atoms with Gasteiger partial charge < -0.3 is 14.7 Å². The second kappa shape index (κ2) is 15.1. The van der Waals surface area contributed by atoms with Gasteiger partial charge in [-0.3, -0.25) is 0 Å². The normalized spacial score (nSPS) is 12.6. The number of nitrogens with zero attached hydrogens (tertiary/aromatic N) is 2. The van der Waals surface area contributed by atoms with Gasteiger partial charge in [-0.1, -0.05) is 82.6 Å². The fourth-order valence-corrected chi connectivity index (χ4v) is 9.32. The molecular formula is C43H44IrN2OSSi-2. The van der Waals surface area contributed by atoms with Crippen molar-refractivity contribution < 1.29 is 27.6 Å². The Labute approximate surface area is 313 Å². The van der Waals surface area contributed by atoms with Gasteiger partial charge in [-0.2, -0.15) is 11.3 Å². The van der Waals surface area contributed by atoms with E-state index in [1.165, 1.54) is 31.6 Å². The second-order valence-electron chi connectivity index (χ2n) is 13.8. The number of thiophene rings is 1. The predicted octanol–water partition coefficient (Wildman–Crippen LogP) is 11.7. The van der Waals surface area contributed by atoms with Crippen LogP contribution >= 0.6 is 11.3 Å². The first-order valence-corrected chi connectivity index (χ1v) is 20.7. The first-order valence-electron chi connectivity index (χ1n) is 17.4. The SMILES string of the molecule is Cc1cc(-c2[c-]cccc2)ncc1[Si](C)(C)C.[2H]C(C)(C)c1cnc(-c2[c-]ccc3c2sc2c4ccc(OC)cc4ccc32)cc1C([2H])(C)C.[Ir]. The zero-order valence-corrected chi connectivity index (χ0v) is 33.9. The van der Waals surface area contributed by atoms with Gasteiger partial charge >= 0.3 is 0 Å². The summed E-state index contributed by atoms with van der Waals surface area (Å²) >= 11 is 1.75. The number of hydrogen-bond donors (Lipinski definition) is 0. The Morgan fingerprint density at radius 1 is 0.755 bits per heavy atom. The predicted molar refractivity (Wildman–Crippen MR) is 210 cm³/mol. The number of methoxy groups -OCH3 is 1. The minimum atomic E-state index is -1.27. The van der Waals surface area contributed by atoms with Gasteiger partial charge in [0.25, 0.3) is 0 Å². The van der Waals surface area contributed by atoms with Crippen LogP contribution in [0, 0.1) is 19.1 Å². The summed E-state index contributed by atoms with van der Waals surface area (Å²) in [6.07, 6.45) is 3.83. The molecule has 1 radical (unpaired) electrons. The van der Waals surface area contributed by atoms with Crippen LogP contribution in [0.4, 0.5) is 0 Å². The van der Waals surface area contributed by atoms with Crippen LogP contribution in [0.5, 0.6) is 5.75 Å². The molecule has 0 amide bonds. The third-order valence-corrected chi connectivity index (χ3v) is 12.2. The molecule has 0 aliphatic heterocycles. The number of hydrogen-bond acceptors (Lipinski definition) is 4. The van der Waals surface area contributed by atoms with E-state index in [2.05, 4.69) is 92.3 Å². The summed E-state index contributed by atoms with van der Waals surface area (Å²) in [6, 6.07) is 33.4. The van der Waals surface area contributed by atoms with Gasteiger partial charge in [-0.15, -0.1) is 59.7 Å². The summed E-state index contributed by atoms with van der Waals surface area (Å²) in [4.78, 5) is 9.33. The third kappa shape index (κ3) is 7.58. The van der Waals surface area contributed by atoms with Crippen LogP contribution in [0.3, 0.4) is 0 Å². The Morgan fingerprint density at radius 2 is 1.47 bits per heavy atom. The Balaban J connectivity index is 0.000000237. The van der Waals surface area contributed by atoms with Crippen LogP contribution in [0.25, 0.3) is 53.5 Å². The molecule has 7 rings (SSSR count). The van der Waals surface area contributed by atoms with Crippen molar-refractivity contribution in [3.05, 3.63) is 120 Å². The summed E-state index contributed by atoms with van der Waals surface area (Å²) in [6.45, 7) is 16.7. The largest absolute Gasteiger partial charge is 0.497 e. The Morgan fingerprint density at radius 3 is 2.12 bits per heavy atom. The van der Waals surface area contributed by atoms with Crippen molar-refractivity contribution in [1.82, 2.24) is 9.97 Å². The molecule has 3 heterocycles. The molecule has 0 aliphatic carbocycles. The van der Waals surface area contributed by atoms with Crippen molar-refractivity contribution in [2.24, 2.45) is 0 Å². The monoisotopic (exact) mass is 859 g/mol. The van der Waals surface area contributed by atoms with Gasteiger partial charge in [-0.25, -0.2) is 0 Å². The van der Waals surface area contributed by atoms with E-state index in [1.807, 2.05) is 64.1 Å². The van der Waals surface area contributed by atoms with Gasteiger partial charge in [0.2, 0.25) is 0 Å². The molecule has 0 fully saturated rings. The molecule has 3 nitrogen and oxygen atoms in total. The fourth-order valence-electron chi connectivity index (χ4n) is 6.27. The second-order valence-corrected chi connectivity index (χ2v) is 19.8. The number of rotatable bonds is 6. The number of fused-ring (bicyclic) bond motifs is 5. The maximum Gasteiger partial charge on any atom is 0.119 e. The van der Waals surface area contributed by atoms with E-state index in [-0.39, 0.29) is 20.1 Å². The topological polar surface area (TPSA) is 35.0 Å². The van der Waals surface area contributed by atoms with E-state index in [0.29, 0.717) is 0 Å². The number of pyridine rings is 2. The van der Waals surface area contributed by atoms with E-state index >= 15 is 0 Å². The zero-order chi connectivity index (χ0) is 36.0. The molecule has 0 aliphatic rings. The summed E-state index contributed by atoms with van der Waals surface area (Å²) in [5, 5.41) is 6.19. The van der Waals surface area contributed by atoms with E-state index in [4.69, 9.17) is 12.5 Å². The van der Waals surface area contributed by atoms with Gasteiger partial charge in [0.15, 0.2) is 0 Å². The molecule has 0 saturated carbocycles. The van der Waals surface area contributed by atoms with Gasteiger partial charge in [-0.05, 0) is 85.5 Å². The van der Waals surface area contributed by atoms with Crippen molar-refractivity contribution in [1.29, 1.82) is 0 Å². The van der Waals surface area contributed by atoms with Crippen LogP contribution in [0.1, 0.15) is 58.9 Å². The summed E-state index contributed by atoms with van der Waals surface area (Å²) in [5.41, 5.74) is 6.79. The molecule has 253 valence electrons. The van der Waals surface area contributed by atoms with Gasteiger partial charge in [0.05, 0.1) is 15.2 Å². The van der Waals surface area contributed by atoms with Crippen molar-refractivity contribution in [2.75, 3.05) is 7.11 Å². The maximum absolute atomic E-state index is 8.70. The summed E-state index contributed by atoms with van der Waals surface area (Å²) < 4.78 is 25.0. The van der Waals surface area contributed by atoms with Crippen molar-refractivity contribution >= 4 is 55.5 Å². The number of aryl methyl sites for hydroxylation is 1. The molecule has 3 aromatic heterocycles. The quantitative estimate of drug-likeness (QED) is 0.123. The van der Waals surface area contributed by atoms with Crippen molar-refractivity contribution in [2.45, 2.75) is 66.0 Å².